The maximum Gasteiger partial charge on any atom is 0.272 e. The van der Waals surface area contributed by atoms with Crippen molar-refractivity contribution in [1.29, 1.82) is 0 Å². The molecule has 0 atom stereocenters. The first-order valence-electron chi connectivity index (χ1n) is 7.30. The molecular weight excluding hydrogens is 398 g/mol. The van der Waals surface area contributed by atoms with Gasteiger partial charge in [0.1, 0.15) is 11.2 Å². The van der Waals surface area contributed by atoms with E-state index in [0.717, 1.165) is 27.7 Å². The van der Waals surface area contributed by atoms with Gasteiger partial charge in [-0.15, -0.1) is 11.8 Å². The number of halogens is 3. The lowest BCUT2D eigenvalue weighted by Crippen LogP contribution is -2.07. The van der Waals surface area contributed by atoms with Crippen LogP contribution in [-0.2, 0) is 13.0 Å². The van der Waals surface area contributed by atoms with Crippen LogP contribution in [0.25, 0.3) is 22.7 Å². The molecule has 3 aromatic rings. The molecule has 8 heteroatoms. The summed E-state index contributed by atoms with van der Waals surface area (Å²) in [6.07, 6.45) is 2.90. The van der Waals surface area contributed by atoms with Crippen LogP contribution in [0.3, 0.4) is 0 Å². The first-order chi connectivity index (χ1) is 11.3. The van der Waals surface area contributed by atoms with E-state index < -0.39 is 5.92 Å². The van der Waals surface area contributed by atoms with Crippen molar-refractivity contribution in [3.05, 3.63) is 34.6 Å². The zero-order valence-electron chi connectivity index (χ0n) is 13.3. The van der Waals surface area contributed by atoms with Gasteiger partial charge >= 0.3 is 0 Å². The highest BCUT2D eigenvalue weighted by Crippen LogP contribution is 2.33. The van der Waals surface area contributed by atoms with E-state index in [4.69, 9.17) is 0 Å². The van der Waals surface area contributed by atoms with Gasteiger partial charge in [0.2, 0.25) is 0 Å². The summed E-state index contributed by atoms with van der Waals surface area (Å²) in [6.45, 7) is 2.91. The number of rotatable bonds is 4. The van der Waals surface area contributed by atoms with Crippen LogP contribution in [0.5, 0.6) is 0 Å². The van der Waals surface area contributed by atoms with Gasteiger partial charge in [-0.2, -0.15) is 0 Å². The monoisotopic (exact) mass is 412 g/mol. The molecule has 0 aliphatic carbocycles. The maximum atomic E-state index is 13.5. The van der Waals surface area contributed by atoms with Gasteiger partial charge in [-0.1, -0.05) is 6.92 Å². The Bertz CT molecular complexity index is 905. The number of imidazole rings is 1. The number of alkyl halides is 2. The van der Waals surface area contributed by atoms with E-state index in [-0.39, 0.29) is 5.56 Å². The molecule has 3 heterocycles. The van der Waals surface area contributed by atoms with Crippen molar-refractivity contribution in [1.82, 2.24) is 19.5 Å². The van der Waals surface area contributed by atoms with Crippen molar-refractivity contribution < 1.29 is 8.78 Å². The number of aromatic nitrogens is 4. The molecule has 0 aliphatic rings. The third-order valence-corrected chi connectivity index (χ3v) is 4.89. The van der Waals surface area contributed by atoms with Crippen LogP contribution in [0.15, 0.2) is 33.9 Å². The molecule has 0 N–H and O–H groups in total. The minimum absolute atomic E-state index is 0.147. The van der Waals surface area contributed by atoms with E-state index in [0.29, 0.717) is 17.0 Å². The number of nitrogens with zero attached hydrogens (tertiary/aromatic N) is 4. The van der Waals surface area contributed by atoms with Gasteiger partial charge in [-0.05, 0) is 33.8 Å². The summed E-state index contributed by atoms with van der Waals surface area (Å²) in [5, 5.41) is 0. The minimum Gasteiger partial charge on any atom is -0.310 e. The minimum atomic E-state index is -2.95. The number of fused-ring (bicyclic) bond motifs is 1. The molecule has 0 bridgehead atoms. The predicted molar refractivity (Wildman–Crippen MR) is 95.4 cm³/mol. The van der Waals surface area contributed by atoms with E-state index in [1.165, 1.54) is 12.3 Å². The number of hydrogen-bond donors (Lipinski definition) is 0. The van der Waals surface area contributed by atoms with Gasteiger partial charge in [-0.3, -0.25) is 4.98 Å². The second kappa shape index (κ2) is 6.40. The number of hydrogen-bond acceptors (Lipinski definition) is 4. The van der Waals surface area contributed by atoms with Gasteiger partial charge in [0, 0.05) is 41.3 Å². The fraction of sp³-hybridized carbons (Fsp3) is 0.312. The SMILES string of the molecule is CCSc1cc(Br)cnc1-c1nc2cc(C(C)(F)F)cnc2n1C. The molecular formula is C16H15BrF2N4S. The second-order valence-electron chi connectivity index (χ2n) is 5.38. The lowest BCUT2D eigenvalue weighted by Gasteiger charge is -2.09. The summed E-state index contributed by atoms with van der Waals surface area (Å²) in [5.41, 5.74) is 1.56. The molecule has 0 aromatic carbocycles. The summed E-state index contributed by atoms with van der Waals surface area (Å²) >= 11 is 5.08. The smallest absolute Gasteiger partial charge is 0.272 e. The Balaban J connectivity index is 2.19. The highest BCUT2D eigenvalue weighted by atomic mass is 79.9. The molecule has 0 amide bonds. The lowest BCUT2D eigenvalue weighted by atomic mass is 10.2. The molecule has 0 saturated carbocycles. The molecule has 0 fully saturated rings. The van der Waals surface area contributed by atoms with Crippen molar-refractivity contribution in [2.24, 2.45) is 7.05 Å². The van der Waals surface area contributed by atoms with Crippen LogP contribution in [0.2, 0.25) is 0 Å². The highest BCUT2D eigenvalue weighted by Gasteiger charge is 2.26. The first-order valence-corrected chi connectivity index (χ1v) is 9.08. The average Bonchev–Trinajstić information content (AvgIpc) is 2.83. The number of pyridine rings is 2. The number of thioether (sulfide) groups is 1. The van der Waals surface area contributed by atoms with Crippen molar-refractivity contribution in [2.45, 2.75) is 24.7 Å². The van der Waals surface area contributed by atoms with Crippen molar-refractivity contribution in [3.63, 3.8) is 0 Å². The fourth-order valence-corrected chi connectivity index (χ4v) is 3.67. The van der Waals surface area contributed by atoms with E-state index >= 15 is 0 Å². The second-order valence-corrected chi connectivity index (χ2v) is 7.60. The van der Waals surface area contributed by atoms with E-state index in [2.05, 4.69) is 37.8 Å². The van der Waals surface area contributed by atoms with Crippen LogP contribution >= 0.6 is 27.7 Å². The van der Waals surface area contributed by atoms with Gasteiger partial charge in [0.15, 0.2) is 11.5 Å². The summed E-state index contributed by atoms with van der Waals surface area (Å²) < 4.78 is 29.7. The zero-order chi connectivity index (χ0) is 17.5. The molecule has 126 valence electrons. The summed E-state index contributed by atoms with van der Waals surface area (Å²) in [4.78, 5) is 14.1. The standard InChI is InChI=1S/C16H15BrF2N4S/c1-4-24-12-6-10(17)8-20-13(12)15-22-11-5-9(16(2,18)19)7-21-14(11)23(15)3/h5-8H,4H2,1-3H3. The largest absolute Gasteiger partial charge is 0.310 e. The van der Waals surface area contributed by atoms with Crippen LogP contribution < -0.4 is 0 Å². The molecule has 4 nitrogen and oxygen atoms in total. The normalized spacial score (nSPS) is 12.1. The van der Waals surface area contributed by atoms with Crippen LogP contribution in [0.1, 0.15) is 19.4 Å². The maximum absolute atomic E-state index is 13.5. The quantitative estimate of drug-likeness (QED) is 0.564. The topological polar surface area (TPSA) is 43.6 Å². The van der Waals surface area contributed by atoms with E-state index in [1.54, 1.807) is 22.5 Å². The summed E-state index contributed by atoms with van der Waals surface area (Å²) in [6, 6.07) is 3.37. The van der Waals surface area contributed by atoms with Crippen LogP contribution in [0.4, 0.5) is 8.78 Å². The molecule has 0 unspecified atom stereocenters. The number of aryl methyl sites for hydroxylation is 1. The summed E-state index contributed by atoms with van der Waals surface area (Å²) in [7, 11) is 1.81. The molecule has 3 aromatic heterocycles. The fourth-order valence-electron chi connectivity index (χ4n) is 2.38. The van der Waals surface area contributed by atoms with Crippen molar-refractivity contribution >= 4 is 38.9 Å². The molecule has 0 radical (unpaired) electrons. The van der Waals surface area contributed by atoms with Gasteiger partial charge < -0.3 is 4.57 Å². The Morgan fingerprint density at radius 1 is 1.25 bits per heavy atom. The van der Waals surface area contributed by atoms with Gasteiger partial charge in [0.25, 0.3) is 5.92 Å². The van der Waals surface area contributed by atoms with Crippen molar-refractivity contribution in [3.8, 4) is 11.5 Å². The Hall–Kier alpha value is -1.54. The lowest BCUT2D eigenvalue weighted by molar-refractivity contribution is 0.0173. The van der Waals surface area contributed by atoms with Crippen molar-refractivity contribution in [2.75, 3.05) is 5.75 Å². The molecule has 0 saturated heterocycles. The third-order valence-electron chi connectivity index (χ3n) is 3.55. The van der Waals surface area contributed by atoms with Gasteiger partial charge in [0.05, 0.1) is 0 Å². The zero-order valence-corrected chi connectivity index (χ0v) is 15.7. The Morgan fingerprint density at radius 2 is 2.00 bits per heavy atom. The Morgan fingerprint density at radius 3 is 2.67 bits per heavy atom. The van der Waals surface area contributed by atoms with Crippen LogP contribution in [-0.4, -0.2) is 25.3 Å². The molecule has 3 rings (SSSR count). The molecule has 24 heavy (non-hydrogen) atoms. The molecule has 0 aliphatic heterocycles. The van der Waals surface area contributed by atoms with E-state index in [1.807, 2.05) is 13.1 Å². The summed E-state index contributed by atoms with van der Waals surface area (Å²) in [5.74, 6) is -1.45. The third kappa shape index (κ3) is 3.17. The van der Waals surface area contributed by atoms with E-state index in [9.17, 15) is 8.78 Å². The van der Waals surface area contributed by atoms with Crippen LogP contribution in [0, 0.1) is 0 Å². The Labute approximate surface area is 150 Å². The average molecular weight is 413 g/mol. The van der Waals surface area contributed by atoms with Gasteiger partial charge in [-0.25, -0.2) is 18.7 Å². The highest BCUT2D eigenvalue weighted by molar-refractivity contribution is 9.10. The molecule has 0 spiro atoms. The first kappa shape index (κ1) is 17.3. The Kier molecular flexibility index (Phi) is 4.61. The predicted octanol–water partition coefficient (Wildman–Crippen LogP) is 5.02.